The van der Waals surface area contributed by atoms with Crippen LogP contribution in [-0.4, -0.2) is 35.4 Å². The van der Waals surface area contributed by atoms with Gasteiger partial charge in [0.25, 0.3) is 0 Å². The van der Waals surface area contributed by atoms with E-state index in [0.29, 0.717) is 24.2 Å². The molecule has 3 nitrogen and oxygen atoms in total. The number of hydrogen-bond acceptors (Lipinski definition) is 3. The number of nitrogens with zero attached hydrogens (tertiary/aromatic N) is 1. The summed E-state index contributed by atoms with van der Waals surface area (Å²) in [4.78, 5) is 15.3. The molecule has 2 heterocycles. The highest BCUT2D eigenvalue weighted by Gasteiger charge is 2.38. The van der Waals surface area contributed by atoms with Crippen molar-refractivity contribution < 1.29 is 4.79 Å². The van der Waals surface area contributed by atoms with Crippen molar-refractivity contribution in [3.63, 3.8) is 0 Å². The molecule has 0 radical (unpaired) electrons. The lowest BCUT2D eigenvalue weighted by Crippen LogP contribution is -2.49. The van der Waals surface area contributed by atoms with Crippen molar-refractivity contribution in [2.24, 2.45) is 5.92 Å². The van der Waals surface area contributed by atoms with Gasteiger partial charge in [-0.3, -0.25) is 9.69 Å². The van der Waals surface area contributed by atoms with Gasteiger partial charge in [-0.25, -0.2) is 0 Å². The van der Waals surface area contributed by atoms with Crippen LogP contribution >= 0.6 is 0 Å². The first-order valence-corrected chi connectivity index (χ1v) is 8.82. The van der Waals surface area contributed by atoms with Crippen LogP contribution in [0.3, 0.4) is 0 Å². The highest BCUT2D eigenvalue weighted by molar-refractivity contribution is 5.98. The van der Waals surface area contributed by atoms with E-state index in [1.807, 2.05) is 0 Å². The molecule has 0 amide bonds. The van der Waals surface area contributed by atoms with E-state index in [0.717, 1.165) is 5.57 Å². The van der Waals surface area contributed by atoms with Crippen LogP contribution in [0.5, 0.6) is 0 Å². The maximum absolute atomic E-state index is 12.7. The third kappa shape index (κ3) is 3.33. The van der Waals surface area contributed by atoms with Crippen molar-refractivity contribution >= 4 is 5.78 Å². The Morgan fingerprint density at radius 1 is 1.14 bits per heavy atom. The van der Waals surface area contributed by atoms with E-state index in [2.05, 4.69) is 30.3 Å². The number of rotatable bonds is 3. The van der Waals surface area contributed by atoms with Crippen LogP contribution in [-0.2, 0) is 4.79 Å². The number of carbonyl (C=O) groups is 1. The van der Waals surface area contributed by atoms with Gasteiger partial charge in [0, 0.05) is 29.8 Å². The molecule has 2 aliphatic heterocycles. The van der Waals surface area contributed by atoms with Gasteiger partial charge in [0.05, 0.1) is 0 Å². The molecular formula is C18H30N2O. The number of nitrogens with one attached hydrogen (secondary N) is 1. The lowest BCUT2D eigenvalue weighted by atomic mass is 9.77. The standard InChI is InChI=1S/C18H30N2O/c1-18(2)12-16(21)15(13-19-18)17(20-10-6-7-11-20)14-8-4-3-5-9-14/h13-14,17,19H,3-12H2,1-2H3. The maximum Gasteiger partial charge on any atom is 0.164 e. The van der Waals surface area contributed by atoms with Crippen LogP contribution in [0, 0.1) is 5.92 Å². The van der Waals surface area contributed by atoms with Crippen molar-refractivity contribution in [1.82, 2.24) is 10.2 Å². The zero-order valence-electron chi connectivity index (χ0n) is 13.7. The van der Waals surface area contributed by atoms with Crippen LogP contribution in [0.1, 0.15) is 65.2 Å². The zero-order valence-corrected chi connectivity index (χ0v) is 13.7. The van der Waals surface area contributed by atoms with E-state index in [1.54, 1.807) is 0 Å². The molecular weight excluding hydrogens is 260 g/mol. The van der Waals surface area contributed by atoms with Gasteiger partial charge in [0.1, 0.15) is 0 Å². The molecule has 2 fully saturated rings. The van der Waals surface area contributed by atoms with Crippen molar-refractivity contribution in [2.75, 3.05) is 13.1 Å². The fourth-order valence-corrected chi connectivity index (χ4v) is 4.38. The molecule has 0 bridgehead atoms. The molecule has 3 aliphatic rings. The third-order valence-corrected chi connectivity index (χ3v) is 5.49. The Morgan fingerprint density at radius 3 is 2.43 bits per heavy atom. The number of likely N-dealkylation sites (tertiary alicyclic amines) is 1. The number of carbonyl (C=O) groups excluding carboxylic acids is 1. The summed E-state index contributed by atoms with van der Waals surface area (Å²) in [6.45, 7) is 6.58. The van der Waals surface area contributed by atoms with Crippen molar-refractivity contribution in [1.29, 1.82) is 0 Å². The van der Waals surface area contributed by atoms with E-state index < -0.39 is 0 Å². The van der Waals surface area contributed by atoms with Gasteiger partial charge in [0.15, 0.2) is 5.78 Å². The summed E-state index contributed by atoms with van der Waals surface area (Å²) in [7, 11) is 0. The van der Waals surface area contributed by atoms with Crippen LogP contribution in [0.25, 0.3) is 0 Å². The van der Waals surface area contributed by atoms with Crippen LogP contribution in [0.4, 0.5) is 0 Å². The predicted molar refractivity (Wildman–Crippen MR) is 86.1 cm³/mol. The minimum atomic E-state index is -0.0806. The molecule has 0 aromatic rings. The SMILES string of the molecule is CC1(C)CC(=O)C(C(C2CCCCC2)N2CCCC2)=CN1. The minimum absolute atomic E-state index is 0.0806. The highest BCUT2D eigenvalue weighted by atomic mass is 16.1. The van der Waals surface area contributed by atoms with Crippen molar-refractivity contribution in [2.45, 2.75) is 76.8 Å². The fraction of sp³-hybridized carbons (Fsp3) is 0.833. The van der Waals surface area contributed by atoms with Gasteiger partial charge < -0.3 is 5.32 Å². The third-order valence-electron chi connectivity index (χ3n) is 5.49. The summed E-state index contributed by atoms with van der Waals surface area (Å²) in [6, 6.07) is 0.379. The Kier molecular flexibility index (Phi) is 4.39. The van der Waals surface area contributed by atoms with Crippen molar-refractivity contribution in [3.05, 3.63) is 11.8 Å². The van der Waals surface area contributed by atoms with Gasteiger partial charge in [-0.05, 0) is 58.5 Å². The average Bonchev–Trinajstić information content (AvgIpc) is 2.96. The Labute approximate surface area is 129 Å². The summed E-state index contributed by atoms with van der Waals surface area (Å²) in [5.41, 5.74) is 0.992. The molecule has 3 rings (SSSR count). The fourth-order valence-electron chi connectivity index (χ4n) is 4.38. The topological polar surface area (TPSA) is 32.3 Å². The van der Waals surface area contributed by atoms with E-state index in [1.165, 1.54) is 58.0 Å². The molecule has 21 heavy (non-hydrogen) atoms. The molecule has 118 valence electrons. The second kappa shape index (κ2) is 6.12. The number of hydrogen-bond donors (Lipinski definition) is 1. The lowest BCUT2D eigenvalue weighted by Gasteiger charge is -2.40. The van der Waals surface area contributed by atoms with E-state index >= 15 is 0 Å². The molecule has 3 heteroatoms. The van der Waals surface area contributed by atoms with Crippen molar-refractivity contribution in [3.8, 4) is 0 Å². The molecule has 0 aromatic heterocycles. The molecule has 1 unspecified atom stereocenters. The molecule has 1 saturated heterocycles. The summed E-state index contributed by atoms with van der Waals surface area (Å²) < 4.78 is 0. The molecule has 0 aromatic carbocycles. The van der Waals surface area contributed by atoms with E-state index in [4.69, 9.17) is 0 Å². The second-order valence-electron chi connectivity index (χ2n) is 7.81. The maximum atomic E-state index is 12.7. The van der Waals surface area contributed by atoms with Gasteiger partial charge in [0.2, 0.25) is 0 Å². The number of ketones is 1. The van der Waals surface area contributed by atoms with Crippen LogP contribution in [0.15, 0.2) is 11.8 Å². The summed E-state index contributed by atoms with van der Waals surface area (Å²) in [5, 5.41) is 3.47. The molecule has 1 saturated carbocycles. The van der Waals surface area contributed by atoms with Gasteiger partial charge in [-0.1, -0.05) is 19.3 Å². The molecule has 1 N–H and O–H groups in total. The summed E-state index contributed by atoms with van der Waals surface area (Å²) >= 11 is 0. The Morgan fingerprint density at radius 2 is 1.81 bits per heavy atom. The molecule has 0 spiro atoms. The monoisotopic (exact) mass is 290 g/mol. The Balaban J connectivity index is 1.84. The number of Topliss-reactive ketones (excluding diaryl/α,β-unsaturated/α-hetero) is 1. The Bertz CT molecular complexity index is 415. The van der Waals surface area contributed by atoms with Crippen LogP contribution < -0.4 is 5.32 Å². The first-order chi connectivity index (χ1) is 10.1. The largest absolute Gasteiger partial charge is 0.385 e. The first-order valence-electron chi connectivity index (χ1n) is 8.82. The average molecular weight is 290 g/mol. The summed E-state index contributed by atoms with van der Waals surface area (Å²) in [6.07, 6.45) is 11.9. The first kappa shape index (κ1) is 15.1. The predicted octanol–water partition coefficient (Wildman–Crippen LogP) is 3.26. The van der Waals surface area contributed by atoms with E-state index in [-0.39, 0.29) is 5.54 Å². The highest BCUT2D eigenvalue weighted by Crippen LogP contribution is 2.36. The quantitative estimate of drug-likeness (QED) is 0.866. The lowest BCUT2D eigenvalue weighted by molar-refractivity contribution is -0.118. The second-order valence-corrected chi connectivity index (χ2v) is 7.81. The minimum Gasteiger partial charge on any atom is -0.385 e. The molecule has 1 aliphatic carbocycles. The Hall–Kier alpha value is -0.830. The molecule has 1 atom stereocenters. The smallest absolute Gasteiger partial charge is 0.164 e. The van der Waals surface area contributed by atoms with Gasteiger partial charge in [-0.2, -0.15) is 0 Å². The van der Waals surface area contributed by atoms with Gasteiger partial charge >= 0.3 is 0 Å². The normalized spacial score (nSPS) is 29.0. The van der Waals surface area contributed by atoms with Crippen LogP contribution in [0.2, 0.25) is 0 Å². The zero-order chi connectivity index (χ0) is 14.9. The van der Waals surface area contributed by atoms with E-state index in [9.17, 15) is 4.79 Å². The summed E-state index contributed by atoms with van der Waals surface area (Å²) in [5.74, 6) is 1.07. The van der Waals surface area contributed by atoms with Gasteiger partial charge in [-0.15, -0.1) is 0 Å².